The van der Waals surface area contributed by atoms with Gasteiger partial charge in [0.25, 0.3) is 5.69 Å². The zero-order valence-corrected chi connectivity index (χ0v) is 34.2. The van der Waals surface area contributed by atoms with Gasteiger partial charge in [-0.05, 0) is 74.8 Å². The van der Waals surface area contributed by atoms with E-state index in [2.05, 4.69) is 19.6 Å². The van der Waals surface area contributed by atoms with Gasteiger partial charge < -0.3 is 33.4 Å². The molecule has 0 bridgehead atoms. The van der Waals surface area contributed by atoms with Gasteiger partial charge in [0.15, 0.2) is 17.3 Å². The number of Topliss-reactive ketones (excluding diaryl/α,β-unsaturated/α-hetero) is 1. The minimum Gasteiger partial charge on any atom is -0.494 e. The SMILES string of the molecule is COc1cc(C(=O)CCC(C)(O)c2ccc(OC)c(-c3c(C)n(COCC[Si](C)(C)C)c4c(F)cccc34)n2)ccc1OCCOC(=O)c1ccc([N+](=O)[O-])cc1. The highest BCUT2D eigenvalue weighted by Crippen LogP contribution is 2.41. The van der Waals surface area contributed by atoms with Crippen LogP contribution in [0, 0.1) is 22.9 Å². The van der Waals surface area contributed by atoms with Gasteiger partial charge in [0.2, 0.25) is 0 Å². The second kappa shape index (κ2) is 18.1. The fourth-order valence-corrected chi connectivity index (χ4v) is 7.01. The average Bonchev–Trinajstić information content (AvgIpc) is 3.47. The smallest absolute Gasteiger partial charge is 0.338 e. The van der Waals surface area contributed by atoms with E-state index in [0.717, 1.165) is 11.7 Å². The molecule has 0 amide bonds. The quantitative estimate of drug-likeness (QED) is 0.0213. The number of esters is 1. The van der Waals surface area contributed by atoms with E-state index in [1.165, 1.54) is 50.6 Å². The highest BCUT2D eigenvalue weighted by atomic mass is 28.3. The van der Waals surface area contributed by atoms with Gasteiger partial charge in [-0.15, -0.1) is 0 Å². The number of benzene rings is 3. The Morgan fingerprint density at radius 1 is 0.930 bits per heavy atom. The number of ether oxygens (including phenoxy) is 5. The Labute approximate surface area is 331 Å². The maximum Gasteiger partial charge on any atom is 0.338 e. The molecule has 3 aromatic carbocycles. The molecular formula is C42H48FN3O10Si. The maximum absolute atomic E-state index is 15.4. The van der Waals surface area contributed by atoms with E-state index in [0.29, 0.717) is 51.5 Å². The number of para-hydroxylation sites is 1. The van der Waals surface area contributed by atoms with Crippen LogP contribution in [0.4, 0.5) is 10.1 Å². The Balaban J connectivity index is 1.27. The topological polar surface area (TPSA) is 161 Å². The van der Waals surface area contributed by atoms with Gasteiger partial charge in [-0.1, -0.05) is 31.8 Å². The van der Waals surface area contributed by atoms with Crippen LogP contribution in [-0.2, 0) is 21.8 Å². The van der Waals surface area contributed by atoms with E-state index in [-0.39, 0.29) is 55.6 Å². The second-order valence-electron chi connectivity index (χ2n) is 15.0. The molecule has 57 heavy (non-hydrogen) atoms. The van der Waals surface area contributed by atoms with Gasteiger partial charge in [0, 0.05) is 55.4 Å². The van der Waals surface area contributed by atoms with E-state index in [1.807, 2.05) is 13.0 Å². The lowest BCUT2D eigenvalue weighted by Crippen LogP contribution is -2.24. The van der Waals surface area contributed by atoms with Crippen molar-refractivity contribution in [2.24, 2.45) is 0 Å². The number of hydrogen-bond acceptors (Lipinski definition) is 11. The number of non-ortho nitro benzene ring substituents is 1. The minimum atomic E-state index is -1.53. The fourth-order valence-electron chi connectivity index (χ4n) is 6.25. The minimum absolute atomic E-state index is 0.0242. The second-order valence-corrected chi connectivity index (χ2v) is 20.6. The number of methoxy groups -OCH3 is 2. The first-order valence-corrected chi connectivity index (χ1v) is 22.1. The van der Waals surface area contributed by atoms with Gasteiger partial charge in [0.1, 0.15) is 42.8 Å². The number of carbonyl (C=O) groups excluding carboxylic acids is 2. The summed E-state index contributed by atoms with van der Waals surface area (Å²) in [5, 5.41) is 23.2. The highest BCUT2D eigenvalue weighted by Gasteiger charge is 2.30. The number of nitro benzene ring substituents is 1. The lowest BCUT2D eigenvalue weighted by Gasteiger charge is -2.24. The van der Waals surface area contributed by atoms with E-state index >= 15 is 4.39 Å². The molecule has 13 nitrogen and oxygen atoms in total. The van der Waals surface area contributed by atoms with Crippen LogP contribution in [0.25, 0.3) is 22.2 Å². The number of halogens is 1. The number of hydrogen-bond donors (Lipinski definition) is 1. The summed E-state index contributed by atoms with van der Waals surface area (Å²) in [6.45, 7) is 10.9. The Hall–Kier alpha value is -5.64. The molecule has 0 fully saturated rings. The first kappa shape index (κ1) is 42.5. The van der Waals surface area contributed by atoms with E-state index in [1.54, 1.807) is 41.8 Å². The van der Waals surface area contributed by atoms with Crippen molar-refractivity contribution in [2.75, 3.05) is 34.0 Å². The number of aromatic nitrogens is 2. The molecule has 0 aliphatic rings. The summed E-state index contributed by atoms with van der Waals surface area (Å²) in [6.07, 6.45) is 0.00189. The van der Waals surface area contributed by atoms with Gasteiger partial charge in [-0.2, -0.15) is 0 Å². The molecule has 0 saturated carbocycles. The lowest BCUT2D eigenvalue weighted by molar-refractivity contribution is -0.384. The molecule has 1 atom stereocenters. The number of rotatable bonds is 19. The summed E-state index contributed by atoms with van der Waals surface area (Å²) in [5.74, 6) is -0.275. The number of nitrogens with zero attached hydrogens (tertiary/aromatic N) is 3. The summed E-state index contributed by atoms with van der Waals surface area (Å²) in [5.41, 5.74) is 1.33. The Morgan fingerprint density at radius 3 is 2.28 bits per heavy atom. The van der Waals surface area contributed by atoms with Gasteiger partial charge in [-0.3, -0.25) is 14.9 Å². The largest absolute Gasteiger partial charge is 0.494 e. The molecule has 302 valence electrons. The molecule has 0 radical (unpaired) electrons. The van der Waals surface area contributed by atoms with Crippen molar-refractivity contribution in [3.63, 3.8) is 0 Å². The molecular weight excluding hydrogens is 754 g/mol. The fraction of sp³-hybridized carbons (Fsp3) is 0.357. The van der Waals surface area contributed by atoms with Crippen LogP contribution in [0.5, 0.6) is 17.2 Å². The zero-order valence-electron chi connectivity index (χ0n) is 33.2. The van der Waals surface area contributed by atoms with Crippen molar-refractivity contribution in [3.8, 4) is 28.5 Å². The summed E-state index contributed by atoms with van der Waals surface area (Å²) in [6, 6.07) is 18.9. The zero-order chi connectivity index (χ0) is 41.5. The van der Waals surface area contributed by atoms with E-state index in [9.17, 15) is 24.8 Å². The standard InChI is InChI=1S/C42H48FN3O10Si/c1-27-38(31-9-8-10-32(43)40(31)45(27)26-54-23-24-57(5,6)7)39-35(52-3)17-18-37(44-39)42(2,49)20-19-33(47)29-13-16-34(36(25-29)53-4)55-21-22-56-41(48)28-11-14-30(15-12-28)46(50)51/h8-18,25,49H,19-24,26H2,1-7H3. The summed E-state index contributed by atoms with van der Waals surface area (Å²) in [4.78, 5) is 40.9. The number of carbonyl (C=O) groups is 2. The number of aliphatic hydroxyl groups is 1. The number of pyridine rings is 1. The van der Waals surface area contributed by atoms with Crippen LogP contribution in [0.2, 0.25) is 25.7 Å². The monoisotopic (exact) mass is 801 g/mol. The average molecular weight is 802 g/mol. The predicted octanol–water partition coefficient (Wildman–Crippen LogP) is 8.49. The van der Waals surface area contributed by atoms with Crippen molar-refractivity contribution < 1.29 is 47.7 Å². The Bertz CT molecular complexity index is 2250. The first-order valence-electron chi connectivity index (χ1n) is 18.4. The maximum atomic E-state index is 15.4. The van der Waals surface area contributed by atoms with Crippen LogP contribution in [0.3, 0.4) is 0 Å². The van der Waals surface area contributed by atoms with Crippen molar-refractivity contribution in [2.45, 2.75) is 64.7 Å². The van der Waals surface area contributed by atoms with Crippen molar-refractivity contribution in [1.82, 2.24) is 9.55 Å². The molecule has 5 rings (SSSR count). The lowest BCUT2D eigenvalue weighted by atomic mass is 9.92. The molecule has 2 heterocycles. The van der Waals surface area contributed by atoms with Gasteiger partial charge >= 0.3 is 5.97 Å². The highest BCUT2D eigenvalue weighted by molar-refractivity contribution is 6.76. The van der Waals surface area contributed by atoms with Crippen LogP contribution in [-0.4, -0.2) is 73.4 Å². The summed E-state index contributed by atoms with van der Waals surface area (Å²) >= 11 is 0. The van der Waals surface area contributed by atoms with Crippen molar-refractivity contribution in [1.29, 1.82) is 0 Å². The van der Waals surface area contributed by atoms with Crippen LogP contribution in [0.1, 0.15) is 51.9 Å². The third-order valence-corrected chi connectivity index (χ3v) is 11.3. The third kappa shape index (κ3) is 10.2. The molecule has 0 saturated heterocycles. The van der Waals surface area contributed by atoms with E-state index in [4.69, 9.17) is 28.7 Å². The third-order valence-electron chi connectivity index (χ3n) is 9.59. The first-order chi connectivity index (χ1) is 27.0. The normalized spacial score (nSPS) is 12.6. The molecule has 1 N–H and O–H groups in total. The molecule has 0 aliphatic heterocycles. The Kier molecular flexibility index (Phi) is 13.5. The molecule has 5 aromatic rings. The number of ketones is 1. The van der Waals surface area contributed by atoms with Crippen molar-refractivity contribution >= 4 is 36.4 Å². The van der Waals surface area contributed by atoms with Crippen LogP contribution in [0.15, 0.2) is 72.8 Å². The summed E-state index contributed by atoms with van der Waals surface area (Å²) in [7, 11) is 1.62. The molecule has 15 heteroatoms. The van der Waals surface area contributed by atoms with Crippen molar-refractivity contribution in [3.05, 3.63) is 111 Å². The molecule has 0 aliphatic carbocycles. The molecule has 0 spiro atoms. The molecule has 1 unspecified atom stereocenters. The number of fused-ring (bicyclic) bond motifs is 1. The van der Waals surface area contributed by atoms with E-state index < -0.39 is 30.4 Å². The number of nitro groups is 1. The van der Waals surface area contributed by atoms with Crippen LogP contribution < -0.4 is 14.2 Å². The molecule has 2 aromatic heterocycles. The van der Waals surface area contributed by atoms with Gasteiger partial charge in [0.05, 0.1) is 35.9 Å². The predicted molar refractivity (Wildman–Crippen MR) is 216 cm³/mol. The van der Waals surface area contributed by atoms with Crippen LogP contribution >= 0.6 is 0 Å². The van der Waals surface area contributed by atoms with Gasteiger partial charge in [-0.25, -0.2) is 14.2 Å². The summed E-state index contributed by atoms with van der Waals surface area (Å²) < 4.78 is 45.4. The Morgan fingerprint density at radius 2 is 1.61 bits per heavy atom.